The van der Waals surface area contributed by atoms with Crippen LogP contribution in [0.1, 0.15) is 38.9 Å². The molecule has 5 nitrogen and oxygen atoms in total. The van der Waals surface area contributed by atoms with Gasteiger partial charge in [-0.2, -0.15) is 0 Å². The number of nitrogens with one attached hydrogen (secondary N) is 1. The zero-order valence-electron chi connectivity index (χ0n) is 11.6. The molecule has 0 bridgehead atoms. The Kier molecular flexibility index (Phi) is 5.18. The van der Waals surface area contributed by atoms with Crippen LogP contribution in [0.3, 0.4) is 0 Å². The third-order valence-electron chi connectivity index (χ3n) is 2.38. The van der Waals surface area contributed by atoms with Gasteiger partial charge in [0.15, 0.2) is 0 Å². The zero-order chi connectivity index (χ0) is 14.5. The van der Waals surface area contributed by atoms with Gasteiger partial charge in [-0.3, -0.25) is 0 Å². The van der Waals surface area contributed by atoms with E-state index in [-0.39, 0.29) is 0 Å². The number of carbonyl (C=O) groups is 1. The highest BCUT2D eigenvalue weighted by molar-refractivity contribution is 5.67. The van der Waals surface area contributed by atoms with Crippen LogP contribution in [-0.4, -0.2) is 23.3 Å². The number of amides is 1. The van der Waals surface area contributed by atoms with Gasteiger partial charge in [-0.25, -0.2) is 4.79 Å². The lowest BCUT2D eigenvalue weighted by Crippen LogP contribution is -2.33. The monoisotopic (exact) mass is 266 g/mol. The number of benzene rings is 1. The molecule has 0 fully saturated rings. The molecular weight excluding hydrogens is 244 g/mol. The van der Waals surface area contributed by atoms with Crippen LogP contribution < -0.4 is 11.1 Å². The van der Waals surface area contributed by atoms with Crippen LogP contribution in [0.2, 0.25) is 0 Å². The van der Waals surface area contributed by atoms with Crippen molar-refractivity contribution in [2.45, 2.75) is 38.9 Å². The van der Waals surface area contributed by atoms with Crippen molar-refractivity contribution in [2.24, 2.45) is 0 Å². The Morgan fingerprint density at radius 1 is 1.47 bits per heavy atom. The first-order valence-corrected chi connectivity index (χ1v) is 6.28. The smallest absolute Gasteiger partial charge is 0.407 e. The standard InChI is InChI=1S/C14H22N2O3/c1-14(2,3)19-13(18)16-8-7-12(17)10-5-4-6-11(15)9-10/h4-6,9,12,17H,7-8,15H2,1-3H3,(H,16,18). The van der Waals surface area contributed by atoms with E-state index in [0.717, 1.165) is 5.56 Å². The van der Waals surface area contributed by atoms with Crippen molar-refractivity contribution >= 4 is 11.8 Å². The van der Waals surface area contributed by atoms with Gasteiger partial charge in [-0.05, 0) is 44.9 Å². The Morgan fingerprint density at radius 2 is 2.16 bits per heavy atom. The highest BCUT2D eigenvalue weighted by atomic mass is 16.6. The van der Waals surface area contributed by atoms with Crippen molar-refractivity contribution in [3.05, 3.63) is 29.8 Å². The fourth-order valence-corrected chi connectivity index (χ4v) is 1.56. The number of hydrogen-bond acceptors (Lipinski definition) is 4. The number of aliphatic hydroxyl groups excluding tert-OH is 1. The lowest BCUT2D eigenvalue weighted by atomic mass is 10.1. The molecule has 0 aliphatic rings. The fraction of sp³-hybridized carbons (Fsp3) is 0.500. The van der Waals surface area contributed by atoms with Gasteiger partial charge in [-0.15, -0.1) is 0 Å². The first kappa shape index (κ1) is 15.3. The number of ether oxygens (including phenoxy) is 1. The average Bonchev–Trinajstić information content (AvgIpc) is 2.26. The first-order chi connectivity index (χ1) is 8.78. The third kappa shape index (κ3) is 6.10. The quantitative estimate of drug-likeness (QED) is 0.729. The molecule has 0 aliphatic carbocycles. The predicted octanol–water partition coefficient (Wildman–Crippen LogP) is 2.22. The van der Waals surface area contributed by atoms with E-state index in [9.17, 15) is 9.90 Å². The van der Waals surface area contributed by atoms with Crippen molar-refractivity contribution in [3.63, 3.8) is 0 Å². The Hall–Kier alpha value is -1.75. The molecule has 0 saturated heterocycles. The molecule has 0 spiro atoms. The lowest BCUT2D eigenvalue weighted by Gasteiger charge is -2.20. The van der Waals surface area contributed by atoms with Crippen LogP contribution >= 0.6 is 0 Å². The van der Waals surface area contributed by atoms with Gasteiger partial charge in [0.2, 0.25) is 0 Å². The Labute approximate surface area is 113 Å². The van der Waals surface area contributed by atoms with Crippen molar-refractivity contribution in [1.29, 1.82) is 0 Å². The highest BCUT2D eigenvalue weighted by Crippen LogP contribution is 2.18. The molecule has 0 aromatic heterocycles. The average molecular weight is 266 g/mol. The minimum atomic E-state index is -0.654. The van der Waals surface area contributed by atoms with E-state index in [4.69, 9.17) is 10.5 Å². The number of anilines is 1. The number of hydrogen-bond donors (Lipinski definition) is 3. The van der Waals surface area contributed by atoms with Crippen LogP contribution in [0.5, 0.6) is 0 Å². The molecule has 0 saturated carbocycles. The van der Waals surface area contributed by atoms with Crippen molar-refractivity contribution in [2.75, 3.05) is 12.3 Å². The maximum absolute atomic E-state index is 11.4. The summed E-state index contributed by atoms with van der Waals surface area (Å²) in [6.45, 7) is 5.74. The van der Waals surface area contributed by atoms with Crippen molar-refractivity contribution in [3.8, 4) is 0 Å². The van der Waals surface area contributed by atoms with Crippen LogP contribution in [0.25, 0.3) is 0 Å². The summed E-state index contributed by atoms with van der Waals surface area (Å²) >= 11 is 0. The normalized spacial score (nSPS) is 12.8. The Balaban J connectivity index is 2.35. The zero-order valence-corrected chi connectivity index (χ0v) is 11.6. The summed E-state index contributed by atoms with van der Waals surface area (Å²) in [6, 6.07) is 7.07. The Morgan fingerprint density at radius 3 is 2.74 bits per heavy atom. The molecule has 0 radical (unpaired) electrons. The van der Waals surface area contributed by atoms with Crippen LogP contribution in [0, 0.1) is 0 Å². The molecule has 5 heteroatoms. The number of carbonyl (C=O) groups excluding carboxylic acids is 1. The van der Waals surface area contributed by atoms with E-state index in [2.05, 4.69) is 5.32 Å². The van der Waals surface area contributed by atoms with Gasteiger partial charge in [0.05, 0.1) is 6.10 Å². The number of nitrogen functional groups attached to an aromatic ring is 1. The SMILES string of the molecule is CC(C)(C)OC(=O)NCCC(O)c1cccc(N)c1. The maximum Gasteiger partial charge on any atom is 0.407 e. The first-order valence-electron chi connectivity index (χ1n) is 6.28. The van der Waals surface area contributed by atoms with Gasteiger partial charge in [0.25, 0.3) is 0 Å². The summed E-state index contributed by atoms with van der Waals surface area (Å²) < 4.78 is 5.09. The molecule has 1 unspecified atom stereocenters. The summed E-state index contributed by atoms with van der Waals surface area (Å²) in [5.41, 5.74) is 6.47. The molecule has 1 amide bonds. The molecule has 4 N–H and O–H groups in total. The fourth-order valence-electron chi connectivity index (χ4n) is 1.56. The maximum atomic E-state index is 11.4. The number of nitrogens with two attached hydrogens (primary N) is 1. The number of alkyl carbamates (subject to hydrolysis) is 1. The Bertz CT molecular complexity index is 427. The molecular formula is C14H22N2O3. The minimum Gasteiger partial charge on any atom is -0.444 e. The number of rotatable bonds is 4. The molecule has 1 rings (SSSR count). The van der Waals surface area contributed by atoms with E-state index >= 15 is 0 Å². The van der Waals surface area contributed by atoms with E-state index in [0.29, 0.717) is 18.7 Å². The molecule has 0 aliphatic heterocycles. The van der Waals surface area contributed by atoms with Crippen LogP contribution in [0.15, 0.2) is 24.3 Å². The van der Waals surface area contributed by atoms with Gasteiger partial charge >= 0.3 is 6.09 Å². The largest absolute Gasteiger partial charge is 0.444 e. The minimum absolute atomic E-state index is 0.338. The van der Waals surface area contributed by atoms with E-state index < -0.39 is 17.8 Å². The summed E-state index contributed by atoms with van der Waals surface area (Å²) in [6.07, 6.45) is -0.728. The molecule has 19 heavy (non-hydrogen) atoms. The predicted molar refractivity (Wildman–Crippen MR) is 74.7 cm³/mol. The second-order valence-corrected chi connectivity index (χ2v) is 5.40. The summed E-state index contributed by atoms with van der Waals surface area (Å²) in [5.74, 6) is 0. The molecule has 0 heterocycles. The summed E-state index contributed by atoms with van der Waals surface area (Å²) in [7, 11) is 0. The van der Waals surface area contributed by atoms with Crippen LogP contribution in [-0.2, 0) is 4.74 Å². The third-order valence-corrected chi connectivity index (χ3v) is 2.38. The summed E-state index contributed by atoms with van der Waals surface area (Å²) in [5, 5.41) is 12.5. The van der Waals surface area contributed by atoms with Gasteiger partial charge in [0, 0.05) is 12.2 Å². The van der Waals surface area contributed by atoms with E-state index in [1.807, 2.05) is 0 Å². The molecule has 1 aromatic rings. The van der Waals surface area contributed by atoms with E-state index in [1.165, 1.54) is 0 Å². The second kappa shape index (κ2) is 6.43. The molecule has 1 atom stereocenters. The number of aliphatic hydroxyl groups is 1. The van der Waals surface area contributed by atoms with Gasteiger partial charge < -0.3 is 20.9 Å². The van der Waals surface area contributed by atoms with Gasteiger partial charge in [0.1, 0.15) is 5.60 Å². The topological polar surface area (TPSA) is 84.6 Å². The van der Waals surface area contributed by atoms with Crippen molar-refractivity contribution < 1.29 is 14.6 Å². The van der Waals surface area contributed by atoms with Crippen molar-refractivity contribution in [1.82, 2.24) is 5.32 Å². The summed E-state index contributed by atoms with van der Waals surface area (Å²) in [4.78, 5) is 11.4. The van der Waals surface area contributed by atoms with E-state index in [1.54, 1.807) is 45.0 Å². The lowest BCUT2D eigenvalue weighted by molar-refractivity contribution is 0.0518. The molecule has 1 aromatic carbocycles. The highest BCUT2D eigenvalue weighted by Gasteiger charge is 2.16. The molecule has 106 valence electrons. The van der Waals surface area contributed by atoms with Gasteiger partial charge in [-0.1, -0.05) is 12.1 Å². The van der Waals surface area contributed by atoms with Crippen LogP contribution in [0.4, 0.5) is 10.5 Å². The second-order valence-electron chi connectivity index (χ2n) is 5.40.